The Balaban J connectivity index is 1.75. The Kier molecular flexibility index (Phi) is 4.37. The Morgan fingerprint density at radius 3 is 2.86 bits per heavy atom. The molecule has 0 radical (unpaired) electrons. The lowest BCUT2D eigenvalue weighted by Crippen LogP contribution is -2.44. The van der Waals surface area contributed by atoms with Crippen molar-refractivity contribution in [2.75, 3.05) is 44.3 Å². The molecule has 7 nitrogen and oxygen atoms in total. The SMILES string of the molecule is O=[N+]([O-])c1cc(Br)cnc1N1CCC(N2CCOCC2)C1. The summed E-state index contributed by atoms with van der Waals surface area (Å²) in [6.45, 7) is 5.01. The second-order valence-electron chi connectivity index (χ2n) is 5.29. The maximum atomic E-state index is 11.2. The van der Waals surface area contributed by atoms with Crippen molar-refractivity contribution in [1.29, 1.82) is 0 Å². The Morgan fingerprint density at radius 2 is 2.14 bits per heavy atom. The molecule has 0 saturated carbocycles. The van der Waals surface area contributed by atoms with Crippen molar-refractivity contribution in [3.05, 3.63) is 26.9 Å². The third-order valence-corrected chi connectivity index (χ3v) is 4.47. The molecule has 8 heteroatoms. The number of rotatable bonds is 3. The Morgan fingerprint density at radius 1 is 1.38 bits per heavy atom. The summed E-state index contributed by atoms with van der Waals surface area (Å²) in [4.78, 5) is 19.5. The summed E-state index contributed by atoms with van der Waals surface area (Å²) in [6, 6.07) is 1.95. The second kappa shape index (κ2) is 6.25. The van der Waals surface area contributed by atoms with Crippen molar-refractivity contribution in [3.8, 4) is 0 Å². The van der Waals surface area contributed by atoms with Gasteiger partial charge in [-0.1, -0.05) is 0 Å². The van der Waals surface area contributed by atoms with Gasteiger partial charge >= 0.3 is 5.69 Å². The van der Waals surface area contributed by atoms with Crippen molar-refractivity contribution in [2.24, 2.45) is 0 Å². The van der Waals surface area contributed by atoms with E-state index in [0.29, 0.717) is 16.3 Å². The summed E-state index contributed by atoms with van der Waals surface area (Å²) in [6.07, 6.45) is 2.62. The van der Waals surface area contributed by atoms with Crippen LogP contribution in [-0.4, -0.2) is 60.2 Å². The minimum atomic E-state index is -0.366. The molecule has 2 saturated heterocycles. The van der Waals surface area contributed by atoms with Crippen LogP contribution in [0.5, 0.6) is 0 Å². The van der Waals surface area contributed by atoms with E-state index in [2.05, 4.69) is 25.8 Å². The van der Waals surface area contributed by atoms with Crippen LogP contribution in [0.25, 0.3) is 0 Å². The lowest BCUT2D eigenvalue weighted by molar-refractivity contribution is -0.384. The second-order valence-corrected chi connectivity index (χ2v) is 6.21. The van der Waals surface area contributed by atoms with Crippen LogP contribution in [0.3, 0.4) is 0 Å². The number of aromatic nitrogens is 1. The lowest BCUT2D eigenvalue weighted by Gasteiger charge is -2.32. The van der Waals surface area contributed by atoms with Crippen LogP contribution in [0, 0.1) is 10.1 Å². The maximum absolute atomic E-state index is 11.2. The van der Waals surface area contributed by atoms with Gasteiger partial charge in [-0.05, 0) is 22.4 Å². The number of nitrogens with zero attached hydrogens (tertiary/aromatic N) is 4. The molecule has 3 rings (SSSR count). The molecule has 21 heavy (non-hydrogen) atoms. The fourth-order valence-electron chi connectivity index (χ4n) is 2.97. The number of pyridine rings is 1. The molecule has 0 N–H and O–H groups in total. The van der Waals surface area contributed by atoms with Gasteiger partial charge in [-0.15, -0.1) is 0 Å². The van der Waals surface area contributed by atoms with Crippen LogP contribution in [-0.2, 0) is 4.74 Å². The fourth-order valence-corrected chi connectivity index (χ4v) is 3.29. The molecule has 1 aromatic heterocycles. The van der Waals surface area contributed by atoms with Gasteiger partial charge in [0.15, 0.2) is 0 Å². The van der Waals surface area contributed by atoms with Crippen LogP contribution in [0.2, 0.25) is 0 Å². The van der Waals surface area contributed by atoms with E-state index >= 15 is 0 Å². The molecule has 0 aromatic carbocycles. The number of hydrogen-bond acceptors (Lipinski definition) is 6. The smallest absolute Gasteiger partial charge is 0.312 e. The third kappa shape index (κ3) is 3.17. The summed E-state index contributed by atoms with van der Waals surface area (Å²) in [5, 5.41) is 11.2. The first-order chi connectivity index (χ1) is 10.1. The van der Waals surface area contributed by atoms with E-state index in [9.17, 15) is 10.1 Å². The van der Waals surface area contributed by atoms with Gasteiger partial charge in [-0.3, -0.25) is 15.0 Å². The van der Waals surface area contributed by atoms with E-state index < -0.39 is 0 Å². The molecule has 3 heterocycles. The van der Waals surface area contributed by atoms with E-state index in [1.807, 2.05) is 4.90 Å². The fraction of sp³-hybridized carbons (Fsp3) is 0.615. The topological polar surface area (TPSA) is 71.7 Å². The standard InChI is InChI=1S/C13H17BrN4O3/c14-10-7-12(18(19)20)13(15-8-10)17-2-1-11(9-17)16-3-5-21-6-4-16/h7-8,11H,1-6,9H2. The van der Waals surface area contributed by atoms with Crippen LogP contribution >= 0.6 is 15.9 Å². The summed E-state index contributed by atoms with van der Waals surface area (Å²) < 4.78 is 6.00. The first-order valence-electron chi connectivity index (χ1n) is 7.02. The minimum Gasteiger partial charge on any atom is -0.379 e. The summed E-state index contributed by atoms with van der Waals surface area (Å²) in [5.74, 6) is 0.471. The lowest BCUT2D eigenvalue weighted by atomic mass is 10.2. The molecular formula is C13H17BrN4O3. The van der Waals surface area contributed by atoms with Gasteiger partial charge in [-0.25, -0.2) is 4.98 Å². The molecule has 2 aliphatic heterocycles. The number of hydrogen-bond donors (Lipinski definition) is 0. The average Bonchev–Trinajstić information content (AvgIpc) is 2.97. The van der Waals surface area contributed by atoms with E-state index in [1.54, 1.807) is 6.20 Å². The van der Waals surface area contributed by atoms with Crippen LogP contribution < -0.4 is 4.90 Å². The molecule has 0 amide bonds. The highest BCUT2D eigenvalue weighted by atomic mass is 79.9. The van der Waals surface area contributed by atoms with E-state index in [1.165, 1.54) is 6.07 Å². The molecule has 2 aliphatic rings. The predicted octanol–water partition coefficient (Wildman–Crippen LogP) is 1.66. The van der Waals surface area contributed by atoms with Crippen molar-refractivity contribution in [3.63, 3.8) is 0 Å². The van der Waals surface area contributed by atoms with E-state index in [0.717, 1.165) is 45.8 Å². The summed E-state index contributed by atoms with van der Waals surface area (Å²) in [7, 11) is 0. The van der Waals surface area contributed by atoms with E-state index in [4.69, 9.17) is 4.74 Å². The number of anilines is 1. The largest absolute Gasteiger partial charge is 0.379 e. The Bertz CT molecular complexity index is 536. The number of nitro groups is 1. The molecule has 0 bridgehead atoms. The van der Waals surface area contributed by atoms with E-state index in [-0.39, 0.29) is 10.6 Å². The molecule has 1 atom stereocenters. The minimum absolute atomic E-state index is 0.0620. The average molecular weight is 357 g/mol. The zero-order chi connectivity index (χ0) is 14.8. The molecule has 1 unspecified atom stereocenters. The monoisotopic (exact) mass is 356 g/mol. The summed E-state index contributed by atoms with van der Waals surface area (Å²) in [5.41, 5.74) is 0.0620. The molecule has 114 valence electrons. The van der Waals surface area contributed by atoms with Gasteiger partial charge in [0.05, 0.1) is 18.1 Å². The first kappa shape index (κ1) is 14.7. The third-order valence-electron chi connectivity index (χ3n) is 4.04. The Labute approximate surface area is 131 Å². The first-order valence-corrected chi connectivity index (χ1v) is 7.81. The van der Waals surface area contributed by atoms with Crippen LogP contribution in [0.15, 0.2) is 16.7 Å². The van der Waals surface area contributed by atoms with Gasteiger partial charge in [0.25, 0.3) is 0 Å². The van der Waals surface area contributed by atoms with Crippen molar-refractivity contribution >= 4 is 27.4 Å². The molecule has 1 aromatic rings. The molecule has 0 aliphatic carbocycles. The molecular weight excluding hydrogens is 340 g/mol. The number of halogens is 1. The quantitative estimate of drug-likeness (QED) is 0.605. The van der Waals surface area contributed by atoms with Gasteiger partial charge < -0.3 is 9.64 Å². The van der Waals surface area contributed by atoms with Crippen LogP contribution in [0.4, 0.5) is 11.5 Å². The highest BCUT2D eigenvalue weighted by Crippen LogP contribution is 2.31. The van der Waals surface area contributed by atoms with Crippen molar-refractivity contribution in [1.82, 2.24) is 9.88 Å². The predicted molar refractivity (Wildman–Crippen MR) is 81.6 cm³/mol. The molecule has 2 fully saturated rings. The highest BCUT2D eigenvalue weighted by Gasteiger charge is 2.32. The normalized spacial score (nSPS) is 23.5. The van der Waals surface area contributed by atoms with Gasteiger partial charge in [-0.2, -0.15) is 0 Å². The summed E-state index contributed by atoms with van der Waals surface area (Å²) >= 11 is 3.24. The maximum Gasteiger partial charge on any atom is 0.312 e. The van der Waals surface area contributed by atoms with Gasteiger partial charge in [0, 0.05) is 49.0 Å². The van der Waals surface area contributed by atoms with Gasteiger partial charge in [0.1, 0.15) is 0 Å². The number of morpholine rings is 1. The van der Waals surface area contributed by atoms with Crippen molar-refractivity contribution < 1.29 is 9.66 Å². The zero-order valence-corrected chi connectivity index (χ0v) is 13.2. The van der Waals surface area contributed by atoms with Crippen molar-refractivity contribution in [2.45, 2.75) is 12.5 Å². The Hall–Kier alpha value is -1.25. The zero-order valence-electron chi connectivity index (χ0n) is 11.6. The highest BCUT2D eigenvalue weighted by molar-refractivity contribution is 9.10. The number of ether oxygens (including phenoxy) is 1. The van der Waals surface area contributed by atoms with Crippen LogP contribution in [0.1, 0.15) is 6.42 Å². The molecule has 0 spiro atoms. The van der Waals surface area contributed by atoms with Gasteiger partial charge in [0.2, 0.25) is 5.82 Å².